The third-order valence-electron chi connectivity index (χ3n) is 1.43. The highest BCUT2D eigenvalue weighted by molar-refractivity contribution is 14.1. The summed E-state index contributed by atoms with van der Waals surface area (Å²) in [5.74, 6) is 0.880. The zero-order valence-electron chi connectivity index (χ0n) is 6.75. The fraction of sp³-hybridized carbons (Fsp3) is 0.100. The Morgan fingerprint density at radius 2 is 2.00 bits per heavy atom. The van der Waals surface area contributed by atoms with E-state index < -0.39 is 0 Å². The number of hydrogen-bond donors (Lipinski definition) is 0. The Morgan fingerprint density at radius 1 is 1.33 bits per heavy atom. The smallest absolute Gasteiger partial charge is 0.118 e. The minimum absolute atomic E-state index is 0.880. The van der Waals surface area contributed by atoms with Crippen molar-refractivity contribution < 1.29 is 4.74 Å². The van der Waals surface area contributed by atoms with E-state index in [-0.39, 0.29) is 0 Å². The molecule has 0 unspecified atom stereocenters. The molecular weight excluding hydrogens is 263 g/mol. The zero-order chi connectivity index (χ0) is 8.81. The molecule has 0 aromatic heterocycles. The second kappa shape index (κ2) is 5.01. The predicted molar refractivity (Wildman–Crippen MR) is 59.6 cm³/mol. The van der Waals surface area contributed by atoms with Crippen LogP contribution in [0, 0.1) is 0 Å². The van der Waals surface area contributed by atoms with Gasteiger partial charge in [-0.25, -0.2) is 0 Å². The van der Waals surface area contributed by atoms with Crippen molar-refractivity contribution in [3.63, 3.8) is 0 Å². The van der Waals surface area contributed by atoms with E-state index in [0.717, 1.165) is 11.3 Å². The highest BCUT2D eigenvalue weighted by Gasteiger charge is 1.88. The van der Waals surface area contributed by atoms with E-state index in [1.54, 1.807) is 7.11 Å². The van der Waals surface area contributed by atoms with Crippen molar-refractivity contribution in [2.75, 3.05) is 7.11 Å². The van der Waals surface area contributed by atoms with E-state index in [4.69, 9.17) is 4.74 Å². The van der Waals surface area contributed by atoms with Crippen LogP contribution in [-0.4, -0.2) is 7.11 Å². The van der Waals surface area contributed by atoms with Crippen molar-refractivity contribution in [1.82, 2.24) is 0 Å². The fourth-order valence-corrected chi connectivity index (χ4v) is 1.01. The molecule has 1 nitrogen and oxygen atoms in total. The molecule has 0 aliphatic heterocycles. The monoisotopic (exact) mass is 272 g/mol. The Hall–Kier alpha value is -0.730. The molecule has 0 radical (unpaired) electrons. The van der Waals surface area contributed by atoms with E-state index in [0.29, 0.717) is 0 Å². The van der Waals surface area contributed by atoms with Crippen molar-refractivity contribution in [2.45, 2.75) is 0 Å². The largest absolute Gasteiger partial charge is 0.497 e. The van der Waals surface area contributed by atoms with Gasteiger partial charge in [0, 0.05) is 4.08 Å². The SMILES string of the molecule is COc1ccc(C=C=CI)cc1. The number of halogens is 1. The zero-order valence-corrected chi connectivity index (χ0v) is 8.91. The molecule has 0 fully saturated rings. The topological polar surface area (TPSA) is 9.23 Å². The minimum Gasteiger partial charge on any atom is -0.497 e. The summed E-state index contributed by atoms with van der Waals surface area (Å²) in [5.41, 5.74) is 4.13. The highest BCUT2D eigenvalue weighted by atomic mass is 127. The van der Waals surface area contributed by atoms with Crippen molar-refractivity contribution in [3.05, 3.63) is 39.6 Å². The molecule has 0 amide bonds. The Kier molecular flexibility index (Phi) is 3.91. The number of rotatable bonds is 2. The standard InChI is InChI=1S/C10H9IO/c1-12-10-6-4-9(5-7-10)3-2-8-11/h3-8H,1H3. The second-order valence-corrected chi connectivity index (χ2v) is 2.82. The van der Waals surface area contributed by atoms with E-state index in [9.17, 15) is 0 Å². The van der Waals surface area contributed by atoms with Gasteiger partial charge in [0.2, 0.25) is 0 Å². The molecule has 1 aromatic rings. The molecule has 12 heavy (non-hydrogen) atoms. The van der Waals surface area contributed by atoms with Crippen LogP contribution < -0.4 is 4.74 Å². The molecule has 0 bridgehead atoms. The molecule has 0 spiro atoms. The first-order valence-electron chi connectivity index (χ1n) is 3.52. The average Bonchev–Trinajstić information content (AvgIpc) is 2.15. The van der Waals surface area contributed by atoms with Crippen LogP contribution in [0.1, 0.15) is 5.56 Å². The van der Waals surface area contributed by atoms with Crippen LogP contribution in [-0.2, 0) is 0 Å². The first-order chi connectivity index (χ1) is 5.86. The second-order valence-electron chi connectivity index (χ2n) is 2.19. The summed E-state index contributed by atoms with van der Waals surface area (Å²) in [4.78, 5) is 0. The summed E-state index contributed by atoms with van der Waals surface area (Å²) >= 11 is 2.14. The summed E-state index contributed by atoms with van der Waals surface area (Å²) in [6.45, 7) is 0. The van der Waals surface area contributed by atoms with Crippen molar-refractivity contribution in [1.29, 1.82) is 0 Å². The van der Waals surface area contributed by atoms with Gasteiger partial charge in [-0.1, -0.05) is 12.1 Å². The third-order valence-corrected chi connectivity index (χ3v) is 1.79. The first-order valence-corrected chi connectivity index (χ1v) is 4.76. The summed E-state index contributed by atoms with van der Waals surface area (Å²) in [7, 11) is 1.66. The van der Waals surface area contributed by atoms with Crippen LogP contribution >= 0.6 is 22.6 Å². The lowest BCUT2D eigenvalue weighted by Gasteiger charge is -1.97. The third kappa shape index (κ3) is 2.72. The molecule has 1 aromatic carbocycles. The maximum absolute atomic E-state index is 5.03. The van der Waals surface area contributed by atoms with Gasteiger partial charge in [0.05, 0.1) is 7.11 Å². The molecule has 0 N–H and O–H groups in total. The lowest BCUT2D eigenvalue weighted by molar-refractivity contribution is 0.415. The summed E-state index contributed by atoms with van der Waals surface area (Å²) in [6.07, 6.45) is 1.92. The Morgan fingerprint density at radius 3 is 2.50 bits per heavy atom. The normalized spacial score (nSPS) is 8.50. The van der Waals surface area contributed by atoms with E-state index in [2.05, 4.69) is 28.3 Å². The molecular formula is C10H9IO. The lowest BCUT2D eigenvalue weighted by atomic mass is 10.2. The number of methoxy groups -OCH3 is 1. The fourth-order valence-electron chi connectivity index (χ4n) is 0.828. The van der Waals surface area contributed by atoms with E-state index in [1.807, 2.05) is 34.4 Å². The van der Waals surface area contributed by atoms with Crippen LogP contribution in [0.15, 0.2) is 34.1 Å². The van der Waals surface area contributed by atoms with Gasteiger partial charge in [-0.3, -0.25) is 0 Å². The number of hydrogen-bond acceptors (Lipinski definition) is 1. The number of ether oxygens (including phenoxy) is 1. The van der Waals surface area contributed by atoms with Crippen LogP contribution in [0.2, 0.25) is 0 Å². The highest BCUT2D eigenvalue weighted by Crippen LogP contribution is 2.11. The molecule has 0 aliphatic rings. The van der Waals surface area contributed by atoms with Crippen LogP contribution in [0.4, 0.5) is 0 Å². The Labute approximate surface area is 85.9 Å². The van der Waals surface area contributed by atoms with Gasteiger partial charge in [0.15, 0.2) is 0 Å². The molecule has 0 saturated heterocycles. The van der Waals surface area contributed by atoms with Crippen LogP contribution in [0.3, 0.4) is 0 Å². The van der Waals surface area contributed by atoms with E-state index in [1.165, 1.54) is 0 Å². The Bertz CT molecular complexity index is 294. The predicted octanol–water partition coefficient (Wildman–Crippen LogP) is 3.26. The van der Waals surface area contributed by atoms with Gasteiger partial charge in [0.1, 0.15) is 5.75 Å². The molecule has 0 heterocycles. The van der Waals surface area contributed by atoms with Gasteiger partial charge in [0.25, 0.3) is 0 Å². The van der Waals surface area contributed by atoms with Gasteiger partial charge < -0.3 is 4.74 Å². The molecule has 0 aliphatic carbocycles. The minimum atomic E-state index is 0.880. The summed E-state index contributed by atoms with van der Waals surface area (Å²) < 4.78 is 6.88. The summed E-state index contributed by atoms with van der Waals surface area (Å²) in [5, 5.41) is 0. The van der Waals surface area contributed by atoms with Crippen molar-refractivity contribution in [3.8, 4) is 5.75 Å². The van der Waals surface area contributed by atoms with Gasteiger partial charge in [-0.05, 0) is 46.4 Å². The molecule has 0 saturated carbocycles. The first kappa shape index (κ1) is 9.36. The average molecular weight is 272 g/mol. The summed E-state index contributed by atoms with van der Waals surface area (Å²) in [6, 6.07) is 7.85. The maximum Gasteiger partial charge on any atom is 0.118 e. The molecule has 0 atom stereocenters. The van der Waals surface area contributed by atoms with E-state index >= 15 is 0 Å². The van der Waals surface area contributed by atoms with Crippen molar-refractivity contribution in [2.24, 2.45) is 0 Å². The lowest BCUT2D eigenvalue weighted by Crippen LogP contribution is -1.80. The van der Waals surface area contributed by atoms with Crippen molar-refractivity contribution >= 4 is 28.7 Å². The Balaban J connectivity index is 2.85. The molecule has 62 valence electrons. The van der Waals surface area contributed by atoms with Gasteiger partial charge >= 0.3 is 0 Å². The quantitative estimate of drug-likeness (QED) is 0.593. The number of benzene rings is 1. The maximum atomic E-state index is 5.03. The van der Waals surface area contributed by atoms with Crippen LogP contribution in [0.25, 0.3) is 6.08 Å². The van der Waals surface area contributed by atoms with Gasteiger partial charge in [-0.2, -0.15) is 0 Å². The molecule has 1 rings (SSSR count). The van der Waals surface area contributed by atoms with Crippen LogP contribution in [0.5, 0.6) is 5.75 Å². The van der Waals surface area contributed by atoms with Gasteiger partial charge in [-0.15, -0.1) is 5.73 Å². The molecule has 2 heteroatoms.